The molecule has 4 rings (SSSR count). The fraction of sp³-hybridized carbons (Fsp3) is 0.389. The highest BCUT2D eigenvalue weighted by Crippen LogP contribution is 2.28. The summed E-state index contributed by atoms with van der Waals surface area (Å²) >= 11 is 0. The number of ether oxygens (including phenoxy) is 1. The Hall–Kier alpha value is -2.32. The second-order valence-electron chi connectivity index (χ2n) is 6.60. The number of nitrogens with one attached hydrogen (secondary N) is 1. The Morgan fingerprint density at radius 2 is 2.00 bits per heavy atom. The third-order valence-electron chi connectivity index (χ3n) is 4.88. The zero-order chi connectivity index (χ0) is 18.3. The molecule has 1 saturated heterocycles. The molecule has 2 aromatic heterocycles. The van der Waals surface area contributed by atoms with Crippen molar-refractivity contribution in [2.24, 2.45) is 0 Å². The molecule has 26 heavy (non-hydrogen) atoms. The lowest BCUT2D eigenvalue weighted by Gasteiger charge is -2.22. The molecule has 0 radical (unpaired) electrons. The van der Waals surface area contributed by atoms with Crippen molar-refractivity contribution in [1.29, 1.82) is 0 Å². The first-order valence-corrected chi connectivity index (χ1v) is 10.1. The van der Waals surface area contributed by atoms with E-state index in [1.165, 1.54) is 6.20 Å². The predicted molar refractivity (Wildman–Crippen MR) is 97.8 cm³/mol. The van der Waals surface area contributed by atoms with Gasteiger partial charge in [0.15, 0.2) is 0 Å². The molecule has 0 atom stereocenters. The number of rotatable bonds is 4. The standard InChI is InChI=1S/C18H21N3O4S/c1-12-13(2)25-18-4-3-14(9-17(12)18)20-26(22,23)16-10-19-21(11-16)15-5-7-24-8-6-15/h3-4,9-11,15,20H,5-8H2,1-2H3. The smallest absolute Gasteiger partial charge is 0.265 e. The highest BCUT2D eigenvalue weighted by molar-refractivity contribution is 7.92. The van der Waals surface area contributed by atoms with Gasteiger partial charge in [0.05, 0.1) is 12.2 Å². The third-order valence-corrected chi connectivity index (χ3v) is 6.22. The maximum Gasteiger partial charge on any atom is 0.265 e. The lowest BCUT2D eigenvalue weighted by Crippen LogP contribution is -2.20. The molecule has 0 bridgehead atoms. The van der Waals surface area contributed by atoms with Gasteiger partial charge < -0.3 is 9.15 Å². The molecule has 138 valence electrons. The molecule has 1 aromatic carbocycles. The van der Waals surface area contributed by atoms with E-state index in [2.05, 4.69) is 9.82 Å². The van der Waals surface area contributed by atoms with Crippen molar-refractivity contribution in [3.8, 4) is 0 Å². The van der Waals surface area contributed by atoms with Gasteiger partial charge in [-0.15, -0.1) is 0 Å². The predicted octanol–water partition coefficient (Wildman–Crippen LogP) is 3.40. The van der Waals surface area contributed by atoms with Gasteiger partial charge in [-0.05, 0) is 50.5 Å². The van der Waals surface area contributed by atoms with Crippen LogP contribution in [0.25, 0.3) is 11.0 Å². The Kier molecular flexibility index (Phi) is 4.24. The molecule has 0 unspecified atom stereocenters. The van der Waals surface area contributed by atoms with Crippen LogP contribution in [-0.4, -0.2) is 31.4 Å². The molecule has 1 aliphatic rings. The topological polar surface area (TPSA) is 86.4 Å². The maximum absolute atomic E-state index is 12.7. The van der Waals surface area contributed by atoms with Crippen molar-refractivity contribution in [2.45, 2.75) is 37.6 Å². The minimum Gasteiger partial charge on any atom is -0.461 e. The normalized spacial score (nSPS) is 16.2. The first-order chi connectivity index (χ1) is 12.4. The average Bonchev–Trinajstić information content (AvgIpc) is 3.23. The number of furan rings is 1. The molecule has 7 nitrogen and oxygen atoms in total. The van der Waals surface area contributed by atoms with Gasteiger partial charge in [-0.25, -0.2) is 8.42 Å². The van der Waals surface area contributed by atoms with Crippen molar-refractivity contribution in [2.75, 3.05) is 17.9 Å². The van der Waals surface area contributed by atoms with Crippen LogP contribution in [0.5, 0.6) is 0 Å². The molecule has 1 fully saturated rings. The van der Waals surface area contributed by atoms with Crippen LogP contribution in [0, 0.1) is 13.8 Å². The quantitative estimate of drug-likeness (QED) is 0.755. The zero-order valence-corrected chi connectivity index (χ0v) is 15.5. The van der Waals surface area contributed by atoms with E-state index in [1.54, 1.807) is 29.1 Å². The second-order valence-corrected chi connectivity index (χ2v) is 8.28. The number of hydrogen-bond acceptors (Lipinski definition) is 5. The van der Waals surface area contributed by atoms with E-state index in [-0.39, 0.29) is 10.9 Å². The number of anilines is 1. The summed E-state index contributed by atoms with van der Waals surface area (Å²) in [5, 5.41) is 5.15. The summed E-state index contributed by atoms with van der Waals surface area (Å²) in [6.07, 6.45) is 4.66. The molecule has 0 amide bonds. The lowest BCUT2D eigenvalue weighted by atomic mass is 10.1. The number of aromatic nitrogens is 2. The molecule has 0 spiro atoms. The molecule has 1 aliphatic heterocycles. The van der Waals surface area contributed by atoms with E-state index < -0.39 is 10.0 Å². The molecule has 0 saturated carbocycles. The van der Waals surface area contributed by atoms with E-state index in [0.717, 1.165) is 35.1 Å². The van der Waals surface area contributed by atoms with Gasteiger partial charge >= 0.3 is 0 Å². The van der Waals surface area contributed by atoms with Crippen molar-refractivity contribution in [3.63, 3.8) is 0 Å². The van der Waals surface area contributed by atoms with Crippen LogP contribution in [0.15, 0.2) is 39.9 Å². The van der Waals surface area contributed by atoms with Gasteiger partial charge in [0, 0.05) is 30.5 Å². The van der Waals surface area contributed by atoms with Gasteiger partial charge in [0.25, 0.3) is 10.0 Å². The van der Waals surface area contributed by atoms with Crippen LogP contribution in [-0.2, 0) is 14.8 Å². The van der Waals surface area contributed by atoms with Crippen LogP contribution in [0.1, 0.15) is 30.2 Å². The van der Waals surface area contributed by atoms with Crippen LogP contribution >= 0.6 is 0 Å². The van der Waals surface area contributed by atoms with Gasteiger partial charge in [-0.2, -0.15) is 5.10 Å². The molecule has 3 aromatic rings. The Balaban J connectivity index is 1.59. The SMILES string of the molecule is Cc1oc2ccc(NS(=O)(=O)c3cnn(C4CCOCC4)c3)cc2c1C. The van der Waals surface area contributed by atoms with E-state index in [9.17, 15) is 8.42 Å². The van der Waals surface area contributed by atoms with Crippen molar-refractivity contribution in [3.05, 3.63) is 41.9 Å². The van der Waals surface area contributed by atoms with Crippen LogP contribution < -0.4 is 4.72 Å². The van der Waals surface area contributed by atoms with E-state index >= 15 is 0 Å². The number of nitrogens with zero attached hydrogens (tertiary/aromatic N) is 2. The first-order valence-electron chi connectivity index (χ1n) is 8.58. The summed E-state index contributed by atoms with van der Waals surface area (Å²) in [7, 11) is -3.70. The highest BCUT2D eigenvalue weighted by atomic mass is 32.2. The van der Waals surface area contributed by atoms with Gasteiger partial charge in [0.2, 0.25) is 0 Å². The Labute approximate surface area is 152 Å². The fourth-order valence-electron chi connectivity index (χ4n) is 3.23. The van der Waals surface area contributed by atoms with E-state index in [1.807, 2.05) is 13.8 Å². The largest absolute Gasteiger partial charge is 0.461 e. The summed E-state index contributed by atoms with van der Waals surface area (Å²) in [6, 6.07) is 5.45. The van der Waals surface area contributed by atoms with Crippen molar-refractivity contribution in [1.82, 2.24) is 9.78 Å². The van der Waals surface area contributed by atoms with Crippen molar-refractivity contribution >= 4 is 26.7 Å². The number of benzene rings is 1. The second kappa shape index (κ2) is 6.44. The minimum atomic E-state index is -3.70. The monoisotopic (exact) mass is 375 g/mol. The molecule has 3 heterocycles. The molecule has 0 aliphatic carbocycles. The molecule has 8 heteroatoms. The Morgan fingerprint density at radius 3 is 2.77 bits per heavy atom. The number of fused-ring (bicyclic) bond motifs is 1. The third kappa shape index (κ3) is 3.10. The number of aryl methyl sites for hydroxylation is 2. The average molecular weight is 375 g/mol. The van der Waals surface area contributed by atoms with Crippen molar-refractivity contribution < 1.29 is 17.6 Å². The molecular weight excluding hydrogens is 354 g/mol. The first kappa shape index (κ1) is 17.1. The summed E-state index contributed by atoms with van der Waals surface area (Å²) in [6.45, 7) is 5.20. The maximum atomic E-state index is 12.7. The number of sulfonamides is 1. The summed E-state index contributed by atoms with van der Waals surface area (Å²) in [5.74, 6) is 0.831. The van der Waals surface area contributed by atoms with E-state index in [0.29, 0.717) is 18.9 Å². The van der Waals surface area contributed by atoms with Gasteiger partial charge in [0.1, 0.15) is 16.2 Å². The Morgan fingerprint density at radius 1 is 1.23 bits per heavy atom. The van der Waals surface area contributed by atoms with Crippen LogP contribution in [0.4, 0.5) is 5.69 Å². The Bertz CT molecular complexity index is 1050. The zero-order valence-electron chi connectivity index (χ0n) is 14.7. The molecular formula is C18H21N3O4S. The summed E-state index contributed by atoms with van der Waals surface area (Å²) in [5.41, 5.74) is 2.25. The number of hydrogen-bond donors (Lipinski definition) is 1. The van der Waals surface area contributed by atoms with Crippen LogP contribution in [0.3, 0.4) is 0 Å². The minimum absolute atomic E-state index is 0.157. The van der Waals surface area contributed by atoms with E-state index in [4.69, 9.17) is 9.15 Å². The van der Waals surface area contributed by atoms with Gasteiger partial charge in [-0.1, -0.05) is 0 Å². The molecule has 1 N–H and O–H groups in total. The van der Waals surface area contributed by atoms with Crippen LogP contribution in [0.2, 0.25) is 0 Å². The van der Waals surface area contributed by atoms with Gasteiger partial charge in [-0.3, -0.25) is 9.40 Å². The summed E-state index contributed by atoms with van der Waals surface area (Å²) < 4.78 is 40.8. The highest BCUT2D eigenvalue weighted by Gasteiger charge is 2.21. The summed E-state index contributed by atoms with van der Waals surface area (Å²) in [4.78, 5) is 0.157. The fourth-order valence-corrected chi connectivity index (χ4v) is 4.22. The lowest BCUT2D eigenvalue weighted by molar-refractivity contribution is 0.0662.